The number of rotatable bonds is 12. The molecule has 0 saturated carbocycles. The summed E-state index contributed by atoms with van der Waals surface area (Å²) in [5.74, 6) is 2.15. The Bertz CT molecular complexity index is 866. The molecule has 0 spiro atoms. The average Bonchev–Trinajstić information content (AvgIpc) is 3.32. The lowest BCUT2D eigenvalue weighted by Gasteiger charge is -2.29. The number of nitrogens with zero attached hydrogens (tertiary/aromatic N) is 1. The molecule has 2 aromatic carbocycles. The first-order chi connectivity index (χ1) is 15.5. The molecule has 1 aliphatic rings. The van der Waals surface area contributed by atoms with E-state index in [1.165, 1.54) is 5.56 Å². The normalized spacial score (nSPS) is 15.1. The first-order valence-electron chi connectivity index (χ1n) is 10.9. The molecule has 1 saturated heterocycles. The first-order valence-corrected chi connectivity index (χ1v) is 10.9. The van der Waals surface area contributed by atoms with Crippen LogP contribution in [0.25, 0.3) is 0 Å². The molecule has 7 heteroatoms. The Balaban J connectivity index is 1.55. The molecule has 0 unspecified atom stereocenters. The quantitative estimate of drug-likeness (QED) is 0.491. The zero-order valence-electron chi connectivity index (χ0n) is 19.8. The van der Waals surface area contributed by atoms with E-state index in [0.717, 1.165) is 49.4 Å². The van der Waals surface area contributed by atoms with Crippen LogP contribution in [0.5, 0.6) is 23.0 Å². The van der Waals surface area contributed by atoms with Crippen molar-refractivity contribution in [2.45, 2.75) is 25.0 Å². The lowest BCUT2D eigenvalue weighted by molar-refractivity contribution is -0.172. The van der Waals surface area contributed by atoms with Crippen molar-refractivity contribution >= 4 is 0 Å². The van der Waals surface area contributed by atoms with E-state index < -0.39 is 5.79 Å². The van der Waals surface area contributed by atoms with Crippen LogP contribution in [0.3, 0.4) is 0 Å². The molecule has 2 aromatic rings. The molecule has 0 aliphatic carbocycles. The van der Waals surface area contributed by atoms with Gasteiger partial charge >= 0.3 is 0 Å². The molecule has 1 heterocycles. The van der Waals surface area contributed by atoms with Gasteiger partial charge in [-0.1, -0.05) is 6.07 Å². The first kappa shape index (κ1) is 24.2. The van der Waals surface area contributed by atoms with Gasteiger partial charge in [0.05, 0.1) is 41.7 Å². The van der Waals surface area contributed by atoms with Crippen LogP contribution in [0.2, 0.25) is 0 Å². The van der Waals surface area contributed by atoms with E-state index in [1.54, 1.807) is 28.4 Å². The molecular weight excluding hydrogens is 410 g/mol. The third-order valence-electron chi connectivity index (χ3n) is 5.85. The summed E-state index contributed by atoms with van der Waals surface area (Å²) in [6.45, 7) is 3.06. The zero-order valence-corrected chi connectivity index (χ0v) is 19.8. The zero-order chi connectivity index (χ0) is 23.0. The largest absolute Gasteiger partial charge is 0.493 e. The fourth-order valence-electron chi connectivity index (χ4n) is 4.03. The minimum Gasteiger partial charge on any atom is -0.493 e. The highest BCUT2D eigenvalue weighted by Crippen LogP contribution is 2.40. The Morgan fingerprint density at radius 2 is 1.38 bits per heavy atom. The van der Waals surface area contributed by atoms with Gasteiger partial charge in [0.15, 0.2) is 28.8 Å². The van der Waals surface area contributed by atoms with Crippen LogP contribution >= 0.6 is 0 Å². The van der Waals surface area contributed by atoms with Crippen molar-refractivity contribution in [1.29, 1.82) is 0 Å². The minimum absolute atomic E-state index is 0.587. The van der Waals surface area contributed by atoms with Crippen molar-refractivity contribution in [1.82, 2.24) is 4.90 Å². The predicted molar refractivity (Wildman–Crippen MR) is 123 cm³/mol. The monoisotopic (exact) mass is 445 g/mol. The summed E-state index contributed by atoms with van der Waals surface area (Å²) in [6, 6.07) is 11.9. The van der Waals surface area contributed by atoms with Crippen LogP contribution in [-0.2, 0) is 21.7 Å². The molecule has 176 valence electrons. The third-order valence-corrected chi connectivity index (χ3v) is 5.85. The van der Waals surface area contributed by atoms with Gasteiger partial charge in [-0.15, -0.1) is 0 Å². The highest BCUT2D eigenvalue weighted by molar-refractivity contribution is 5.44. The number of methoxy groups -OCH3 is 4. The molecule has 3 rings (SSSR count). The maximum Gasteiger partial charge on any atom is 0.195 e. The van der Waals surface area contributed by atoms with E-state index >= 15 is 0 Å². The summed E-state index contributed by atoms with van der Waals surface area (Å²) in [6.07, 6.45) is 2.64. The molecule has 7 nitrogen and oxygen atoms in total. The molecule has 1 aliphatic heterocycles. The van der Waals surface area contributed by atoms with Gasteiger partial charge in [0.25, 0.3) is 0 Å². The lowest BCUT2D eigenvalue weighted by atomic mass is 9.99. The van der Waals surface area contributed by atoms with E-state index in [1.807, 2.05) is 30.3 Å². The fourth-order valence-corrected chi connectivity index (χ4v) is 4.03. The van der Waals surface area contributed by atoms with Gasteiger partial charge in [-0.2, -0.15) is 0 Å². The topological polar surface area (TPSA) is 58.6 Å². The molecular formula is C25H35NO6. The van der Waals surface area contributed by atoms with E-state index in [0.29, 0.717) is 24.7 Å². The smallest absolute Gasteiger partial charge is 0.195 e. The van der Waals surface area contributed by atoms with E-state index in [-0.39, 0.29) is 0 Å². The second-order valence-electron chi connectivity index (χ2n) is 7.87. The Hall–Kier alpha value is -2.48. The molecule has 0 amide bonds. The fraction of sp³-hybridized carbons (Fsp3) is 0.520. The molecule has 0 bridgehead atoms. The molecule has 0 aromatic heterocycles. The van der Waals surface area contributed by atoms with Crippen molar-refractivity contribution in [2.75, 3.05) is 61.8 Å². The average molecular weight is 446 g/mol. The summed E-state index contributed by atoms with van der Waals surface area (Å²) >= 11 is 0. The summed E-state index contributed by atoms with van der Waals surface area (Å²) in [5, 5.41) is 0. The molecule has 32 heavy (non-hydrogen) atoms. The van der Waals surface area contributed by atoms with E-state index in [4.69, 9.17) is 28.4 Å². The van der Waals surface area contributed by atoms with Gasteiger partial charge in [0.1, 0.15) is 0 Å². The Morgan fingerprint density at radius 3 is 2.00 bits per heavy atom. The lowest BCUT2D eigenvalue weighted by Crippen LogP contribution is -2.30. The number of hydrogen-bond donors (Lipinski definition) is 0. The van der Waals surface area contributed by atoms with Gasteiger partial charge in [-0.05, 0) is 62.3 Å². The summed E-state index contributed by atoms with van der Waals surface area (Å²) in [5.41, 5.74) is 2.18. The molecule has 0 atom stereocenters. The van der Waals surface area contributed by atoms with Crippen LogP contribution in [0.1, 0.15) is 24.0 Å². The van der Waals surface area contributed by atoms with E-state index in [9.17, 15) is 0 Å². The standard InChI is InChI=1S/C25H35NO6/c1-26(14-11-19-7-9-21(27-2)23(17-19)29-4)13-6-12-25(31-15-16-32-25)20-8-10-22(28-3)24(18-20)30-5/h7-10,17-18H,6,11-16H2,1-5H3. The Labute approximate surface area is 191 Å². The third kappa shape index (κ3) is 5.65. The van der Waals surface area contributed by atoms with Crippen LogP contribution in [-0.4, -0.2) is 66.7 Å². The van der Waals surface area contributed by atoms with Gasteiger partial charge in [-0.25, -0.2) is 0 Å². The van der Waals surface area contributed by atoms with E-state index in [2.05, 4.69) is 18.0 Å². The molecule has 0 radical (unpaired) electrons. The number of likely N-dealkylation sites (N-methyl/N-ethyl adjacent to an activating group) is 1. The van der Waals surface area contributed by atoms with Crippen LogP contribution < -0.4 is 18.9 Å². The maximum atomic E-state index is 6.10. The number of hydrogen-bond acceptors (Lipinski definition) is 7. The summed E-state index contributed by atoms with van der Waals surface area (Å²) in [7, 11) is 8.72. The van der Waals surface area contributed by atoms with Gasteiger partial charge in [0.2, 0.25) is 0 Å². The van der Waals surface area contributed by atoms with Crippen LogP contribution in [0.4, 0.5) is 0 Å². The predicted octanol–water partition coefficient (Wildman–Crippen LogP) is 3.88. The van der Waals surface area contributed by atoms with Gasteiger partial charge in [0, 0.05) is 18.5 Å². The minimum atomic E-state index is -0.732. The summed E-state index contributed by atoms with van der Waals surface area (Å²) < 4.78 is 33.7. The van der Waals surface area contributed by atoms with Crippen molar-refractivity contribution in [3.05, 3.63) is 47.5 Å². The molecule has 0 N–H and O–H groups in total. The van der Waals surface area contributed by atoms with Gasteiger partial charge < -0.3 is 33.3 Å². The second kappa shape index (κ2) is 11.4. The maximum absolute atomic E-state index is 6.10. The second-order valence-corrected chi connectivity index (χ2v) is 7.87. The van der Waals surface area contributed by atoms with Crippen molar-refractivity contribution in [3.8, 4) is 23.0 Å². The van der Waals surface area contributed by atoms with Crippen molar-refractivity contribution < 1.29 is 28.4 Å². The molecule has 1 fully saturated rings. The van der Waals surface area contributed by atoms with Crippen LogP contribution in [0, 0.1) is 0 Å². The highest BCUT2D eigenvalue weighted by Gasteiger charge is 2.38. The van der Waals surface area contributed by atoms with Gasteiger partial charge in [-0.3, -0.25) is 0 Å². The summed E-state index contributed by atoms with van der Waals surface area (Å²) in [4.78, 5) is 2.33. The Kier molecular flexibility index (Phi) is 8.61. The van der Waals surface area contributed by atoms with Crippen molar-refractivity contribution in [3.63, 3.8) is 0 Å². The number of benzene rings is 2. The highest BCUT2D eigenvalue weighted by atomic mass is 16.7. The SMILES string of the molecule is COc1ccc(CCN(C)CCCC2(c3ccc(OC)c(OC)c3)OCCO2)cc1OC. The van der Waals surface area contributed by atoms with Crippen molar-refractivity contribution in [2.24, 2.45) is 0 Å². The Morgan fingerprint density at radius 1 is 0.781 bits per heavy atom. The number of ether oxygens (including phenoxy) is 6. The van der Waals surface area contributed by atoms with Crippen LogP contribution in [0.15, 0.2) is 36.4 Å².